The summed E-state index contributed by atoms with van der Waals surface area (Å²) < 4.78 is 6.74. The Balaban J connectivity index is 1.90. The number of amides is 1. The maximum absolute atomic E-state index is 11.7. The number of carboxylic acids is 1. The highest BCUT2D eigenvalue weighted by Gasteiger charge is 2.40. The summed E-state index contributed by atoms with van der Waals surface area (Å²) in [6.07, 6.45) is 1.50. The highest BCUT2D eigenvalue weighted by Crippen LogP contribution is 2.31. The molecule has 1 saturated heterocycles. The van der Waals surface area contributed by atoms with Crippen LogP contribution < -0.4 is 9.67 Å². The predicted octanol–water partition coefficient (Wildman–Crippen LogP) is -1.85. The van der Waals surface area contributed by atoms with Crippen LogP contribution in [0.3, 0.4) is 0 Å². The van der Waals surface area contributed by atoms with Crippen molar-refractivity contribution in [1.29, 1.82) is 0 Å². The van der Waals surface area contributed by atoms with E-state index < -0.39 is 30.2 Å². The molecule has 128 valence electrons. The van der Waals surface area contributed by atoms with Crippen LogP contribution in [0.5, 0.6) is 0 Å². The number of carbonyl (C=O) groups excluding carboxylic acids is 2. The minimum absolute atomic E-state index is 0.0574. The van der Waals surface area contributed by atoms with Gasteiger partial charge in [0.25, 0.3) is 0 Å². The van der Waals surface area contributed by atoms with Crippen molar-refractivity contribution in [1.82, 2.24) is 4.90 Å². The number of aromatic nitrogens is 1. The Hall–Kier alpha value is -2.45. The number of hydrogen-bond acceptors (Lipinski definition) is 6. The van der Waals surface area contributed by atoms with E-state index in [1.54, 1.807) is 30.4 Å². The van der Waals surface area contributed by atoms with Crippen molar-refractivity contribution in [3.05, 3.63) is 41.9 Å². The first kappa shape index (κ1) is 16.4. The predicted molar refractivity (Wildman–Crippen MR) is 76.6 cm³/mol. The van der Waals surface area contributed by atoms with Gasteiger partial charge in [0.15, 0.2) is 18.5 Å². The fourth-order valence-electron chi connectivity index (χ4n) is 3.08. The van der Waals surface area contributed by atoms with Crippen LogP contribution in [-0.2, 0) is 14.3 Å². The molecule has 24 heavy (non-hydrogen) atoms. The summed E-state index contributed by atoms with van der Waals surface area (Å²) in [5, 5.41) is 30.9. The van der Waals surface area contributed by atoms with E-state index in [9.17, 15) is 24.9 Å². The molecule has 1 fully saturated rings. The number of ether oxygens (including phenoxy) is 1. The number of aliphatic carboxylic acids is 1. The fraction of sp³-hybridized carbons (Fsp3) is 0.438. The quantitative estimate of drug-likeness (QED) is 0.628. The Morgan fingerprint density at radius 3 is 2.83 bits per heavy atom. The molecule has 0 aliphatic carbocycles. The summed E-state index contributed by atoms with van der Waals surface area (Å²) >= 11 is 0. The molecule has 4 atom stereocenters. The van der Waals surface area contributed by atoms with Crippen molar-refractivity contribution in [3.8, 4) is 0 Å². The van der Waals surface area contributed by atoms with E-state index in [4.69, 9.17) is 4.74 Å². The molecular formula is C16H18N2O6. The zero-order valence-electron chi connectivity index (χ0n) is 13.0. The van der Waals surface area contributed by atoms with Crippen LogP contribution in [0.2, 0.25) is 0 Å². The van der Waals surface area contributed by atoms with Crippen molar-refractivity contribution in [2.45, 2.75) is 37.3 Å². The monoisotopic (exact) mass is 334 g/mol. The highest BCUT2D eigenvalue weighted by molar-refractivity contribution is 5.82. The molecule has 2 aliphatic rings. The second-order valence-electron chi connectivity index (χ2n) is 5.95. The molecule has 8 nitrogen and oxygen atoms in total. The molecule has 3 heterocycles. The molecule has 2 aliphatic heterocycles. The molecule has 3 rings (SSSR count). The van der Waals surface area contributed by atoms with Crippen LogP contribution in [-0.4, -0.2) is 46.2 Å². The SMILES string of the molecule is CN1C(=O)CC[C@H]1c1ccc[n+]([C@H]2OC(C(=O)[O-])=C[C@@H](O)[C@@H]2O)c1. The van der Waals surface area contributed by atoms with Gasteiger partial charge in [-0.2, -0.15) is 4.57 Å². The number of rotatable bonds is 3. The zero-order valence-corrected chi connectivity index (χ0v) is 13.0. The van der Waals surface area contributed by atoms with E-state index in [-0.39, 0.29) is 11.9 Å². The molecule has 2 N–H and O–H groups in total. The summed E-state index contributed by atoms with van der Waals surface area (Å²) in [5.41, 5.74) is 0.834. The van der Waals surface area contributed by atoms with Gasteiger partial charge in [0, 0.05) is 25.1 Å². The average Bonchev–Trinajstić information content (AvgIpc) is 2.89. The maximum atomic E-state index is 11.7. The largest absolute Gasteiger partial charge is 0.542 e. The minimum atomic E-state index is -1.57. The van der Waals surface area contributed by atoms with Gasteiger partial charge in [-0.1, -0.05) is 0 Å². The summed E-state index contributed by atoms with van der Waals surface area (Å²) in [7, 11) is 1.73. The Bertz CT molecular complexity index is 704. The van der Waals surface area contributed by atoms with Gasteiger partial charge in [-0.15, -0.1) is 0 Å². The van der Waals surface area contributed by atoms with Gasteiger partial charge in [-0.3, -0.25) is 4.79 Å². The van der Waals surface area contributed by atoms with E-state index >= 15 is 0 Å². The smallest absolute Gasteiger partial charge is 0.331 e. The van der Waals surface area contributed by atoms with Crippen molar-refractivity contribution in [2.75, 3.05) is 7.05 Å². The molecule has 8 heteroatoms. The van der Waals surface area contributed by atoms with Crippen LogP contribution in [0.1, 0.15) is 30.7 Å². The lowest BCUT2D eigenvalue weighted by molar-refractivity contribution is -0.769. The maximum Gasteiger partial charge on any atom is 0.331 e. The summed E-state index contributed by atoms with van der Waals surface area (Å²) in [5.74, 6) is -2.03. The number of carbonyl (C=O) groups is 2. The molecule has 0 unspecified atom stereocenters. The fourth-order valence-corrected chi connectivity index (χ4v) is 3.08. The van der Waals surface area contributed by atoms with Gasteiger partial charge in [0.1, 0.15) is 17.8 Å². The third kappa shape index (κ3) is 2.85. The lowest BCUT2D eigenvalue weighted by atomic mass is 10.1. The first-order chi connectivity index (χ1) is 11.4. The van der Waals surface area contributed by atoms with Crippen LogP contribution in [0, 0.1) is 0 Å². The number of likely N-dealkylation sites (tertiary alicyclic amines) is 1. The molecule has 1 amide bonds. The molecular weight excluding hydrogens is 316 g/mol. The number of pyridine rings is 1. The summed E-state index contributed by atoms with van der Waals surface area (Å²) in [6, 6.07) is 3.47. The number of carboxylic acid groups (broad SMARTS) is 1. The average molecular weight is 334 g/mol. The van der Waals surface area contributed by atoms with Gasteiger partial charge in [0.2, 0.25) is 5.91 Å². The van der Waals surface area contributed by atoms with Gasteiger partial charge in [0.05, 0.1) is 6.04 Å². The third-order valence-corrected chi connectivity index (χ3v) is 4.43. The number of nitrogens with zero attached hydrogens (tertiary/aromatic N) is 2. The Morgan fingerprint density at radius 1 is 1.46 bits per heavy atom. The van der Waals surface area contributed by atoms with E-state index in [0.717, 1.165) is 11.6 Å². The molecule has 1 aromatic rings. The van der Waals surface area contributed by atoms with E-state index in [0.29, 0.717) is 12.8 Å². The number of hydrogen-bond donors (Lipinski definition) is 2. The molecule has 0 bridgehead atoms. The molecule has 0 aromatic carbocycles. The second kappa shape index (κ2) is 6.21. The van der Waals surface area contributed by atoms with Crippen LogP contribution in [0.25, 0.3) is 0 Å². The first-order valence-electron chi connectivity index (χ1n) is 7.61. The summed E-state index contributed by atoms with van der Waals surface area (Å²) in [4.78, 5) is 24.3. The van der Waals surface area contributed by atoms with Crippen LogP contribution in [0.15, 0.2) is 36.4 Å². The molecule has 0 radical (unpaired) electrons. The van der Waals surface area contributed by atoms with E-state index in [1.165, 1.54) is 4.57 Å². The third-order valence-electron chi connectivity index (χ3n) is 4.43. The van der Waals surface area contributed by atoms with E-state index in [2.05, 4.69) is 0 Å². The highest BCUT2D eigenvalue weighted by atomic mass is 16.5. The van der Waals surface area contributed by atoms with Crippen LogP contribution in [0.4, 0.5) is 0 Å². The number of aliphatic hydroxyl groups is 2. The molecule has 0 spiro atoms. The lowest BCUT2D eigenvalue weighted by Gasteiger charge is -2.28. The minimum Gasteiger partial charge on any atom is -0.542 e. The van der Waals surface area contributed by atoms with Gasteiger partial charge >= 0.3 is 6.23 Å². The lowest BCUT2D eigenvalue weighted by Crippen LogP contribution is -2.53. The normalized spacial score (nSPS) is 30.0. The Labute approximate surface area is 138 Å². The standard InChI is InChI=1S/C16H18N2O6/c1-17-10(4-5-13(17)20)9-3-2-6-18(8-9)15-14(21)11(19)7-12(24-15)16(22)23/h2-3,6-8,10-11,14-15,19,21H,4-5H2,1H3/t10-,11+,14-,15-/m0/s1. The second-order valence-corrected chi connectivity index (χ2v) is 5.95. The number of aliphatic hydroxyl groups excluding tert-OH is 2. The van der Waals surface area contributed by atoms with Gasteiger partial charge in [-0.05, 0) is 18.6 Å². The molecule has 0 saturated carbocycles. The zero-order chi connectivity index (χ0) is 17.4. The molecule has 1 aromatic heterocycles. The van der Waals surface area contributed by atoms with Gasteiger partial charge < -0.3 is 29.8 Å². The Morgan fingerprint density at radius 2 is 2.21 bits per heavy atom. The Kier molecular flexibility index (Phi) is 4.25. The topological polar surface area (TPSA) is 114 Å². The van der Waals surface area contributed by atoms with Crippen molar-refractivity contribution in [3.63, 3.8) is 0 Å². The van der Waals surface area contributed by atoms with Gasteiger partial charge in [-0.25, -0.2) is 0 Å². The van der Waals surface area contributed by atoms with Crippen molar-refractivity contribution in [2.24, 2.45) is 0 Å². The first-order valence-corrected chi connectivity index (χ1v) is 7.61. The van der Waals surface area contributed by atoms with Crippen LogP contribution >= 0.6 is 0 Å². The van der Waals surface area contributed by atoms with Crippen molar-refractivity contribution >= 4 is 11.9 Å². The van der Waals surface area contributed by atoms with Crippen molar-refractivity contribution < 1.29 is 34.2 Å². The van der Waals surface area contributed by atoms with E-state index in [1.807, 2.05) is 6.07 Å². The summed E-state index contributed by atoms with van der Waals surface area (Å²) in [6.45, 7) is 0.